The van der Waals surface area contributed by atoms with Gasteiger partial charge in [0.15, 0.2) is 0 Å². The van der Waals surface area contributed by atoms with Crippen molar-refractivity contribution in [1.29, 1.82) is 0 Å². The van der Waals surface area contributed by atoms with E-state index in [1.165, 1.54) is 6.20 Å². The Kier molecular flexibility index (Phi) is 6.53. The lowest BCUT2D eigenvalue weighted by Crippen LogP contribution is -2.08. The van der Waals surface area contributed by atoms with Crippen LogP contribution in [0.25, 0.3) is 5.57 Å². The highest BCUT2D eigenvalue weighted by Gasteiger charge is 2.32. The van der Waals surface area contributed by atoms with Crippen LogP contribution in [0.4, 0.5) is 24.9 Å². The van der Waals surface area contributed by atoms with Crippen molar-refractivity contribution < 1.29 is 13.2 Å². The molecule has 168 valence electrons. The molecule has 0 radical (unpaired) electrons. The lowest BCUT2D eigenvalue weighted by Gasteiger charge is -2.10. The van der Waals surface area contributed by atoms with Crippen LogP contribution < -0.4 is 11.1 Å². The molecular weight excluding hydrogens is 427 g/mol. The smallest absolute Gasteiger partial charge is 0.368 e. The summed E-state index contributed by atoms with van der Waals surface area (Å²) in [4.78, 5) is 12.0. The van der Waals surface area contributed by atoms with Crippen LogP contribution in [0, 0.1) is 0 Å². The van der Waals surface area contributed by atoms with Crippen molar-refractivity contribution in [3.8, 4) is 0 Å². The molecule has 4 rings (SSSR count). The summed E-state index contributed by atoms with van der Waals surface area (Å²) in [5.74, 6) is 0.726. The number of anilines is 2. The standard InChI is InChI=1S/C25H22F3N5/c26-25(27,28)22-15-18(12-13-30-22)14-17-6-5-9-20(11-10-17)31-23-16-21(32-24(29)33-23)19-7-3-1-2-4-8-19/h1-3,6-13,15-16H,4-5,14H2,(H3,29,31,32,33). The van der Waals surface area contributed by atoms with E-state index in [1.807, 2.05) is 48.6 Å². The van der Waals surface area contributed by atoms with Gasteiger partial charge >= 0.3 is 6.18 Å². The molecule has 2 heterocycles. The Balaban J connectivity index is 1.46. The molecule has 2 aliphatic carbocycles. The van der Waals surface area contributed by atoms with Crippen molar-refractivity contribution in [2.24, 2.45) is 0 Å². The van der Waals surface area contributed by atoms with Crippen molar-refractivity contribution in [2.45, 2.75) is 25.4 Å². The Labute approximate surface area is 189 Å². The summed E-state index contributed by atoms with van der Waals surface area (Å²) in [5, 5.41) is 3.25. The molecule has 2 aliphatic rings. The fourth-order valence-electron chi connectivity index (χ4n) is 3.46. The summed E-state index contributed by atoms with van der Waals surface area (Å²) in [6, 6.07) is 4.52. The van der Waals surface area contributed by atoms with Crippen LogP contribution in [0.5, 0.6) is 0 Å². The minimum absolute atomic E-state index is 0.164. The van der Waals surface area contributed by atoms with Crippen LogP contribution in [0.1, 0.15) is 29.8 Å². The molecule has 0 aliphatic heterocycles. The average Bonchev–Trinajstić information content (AvgIpc) is 3.17. The highest BCUT2D eigenvalue weighted by Crippen LogP contribution is 2.28. The molecule has 0 spiro atoms. The number of aromatic nitrogens is 3. The molecular formula is C25H22F3N5. The molecule has 33 heavy (non-hydrogen) atoms. The van der Waals surface area contributed by atoms with E-state index in [2.05, 4.69) is 32.4 Å². The molecule has 0 fully saturated rings. The van der Waals surface area contributed by atoms with Gasteiger partial charge in [-0.2, -0.15) is 18.2 Å². The third-order valence-electron chi connectivity index (χ3n) is 5.03. The van der Waals surface area contributed by atoms with E-state index >= 15 is 0 Å². The summed E-state index contributed by atoms with van der Waals surface area (Å²) in [6.07, 6.45) is 16.3. The van der Waals surface area contributed by atoms with Gasteiger partial charge in [0.2, 0.25) is 5.95 Å². The first-order valence-electron chi connectivity index (χ1n) is 10.4. The van der Waals surface area contributed by atoms with Crippen molar-refractivity contribution in [1.82, 2.24) is 15.0 Å². The van der Waals surface area contributed by atoms with Crippen LogP contribution in [0.2, 0.25) is 0 Å². The number of hydrogen-bond donors (Lipinski definition) is 2. The van der Waals surface area contributed by atoms with Crippen LogP contribution in [-0.4, -0.2) is 15.0 Å². The fourth-order valence-corrected chi connectivity index (χ4v) is 3.46. The first-order chi connectivity index (χ1) is 15.9. The second-order valence-corrected chi connectivity index (χ2v) is 7.54. The SMILES string of the molecule is Nc1nc(NC2=CCC=C(Cc3ccnc(C(F)(F)F)c3)C=C2)cc(C2=CCC=CC=C2)n1. The number of halogens is 3. The fraction of sp³-hybridized carbons (Fsp3) is 0.160. The Hall–Kier alpha value is -3.94. The summed E-state index contributed by atoms with van der Waals surface area (Å²) in [7, 11) is 0. The number of nitrogens with one attached hydrogen (secondary N) is 1. The second-order valence-electron chi connectivity index (χ2n) is 7.54. The Bertz CT molecular complexity index is 1220. The summed E-state index contributed by atoms with van der Waals surface area (Å²) >= 11 is 0. The Morgan fingerprint density at radius 2 is 1.85 bits per heavy atom. The van der Waals surface area contributed by atoms with E-state index in [0.717, 1.165) is 35.0 Å². The molecule has 0 saturated heterocycles. The summed E-state index contributed by atoms with van der Waals surface area (Å²) in [5.41, 5.74) is 9.00. The van der Waals surface area contributed by atoms with Gasteiger partial charge in [0.05, 0.1) is 5.69 Å². The summed E-state index contributed by atoms with van der Waals surface area (Å²) < 4.78 is 38.8. The second kappa shape index (κ2) is 9.68. The number of nitrogen functional groups attached to an aromatic ring is 1. The zero-order chi connectivity index (χ0) is 23.3. The lowest BCUT2D eigenvalue weighted by atomic mass is 10.0. The maximum atomic E-state index is 12.9. The highest BCUT2D eigenvalue weighted by molar-refractivity contribution is 5.74. The van der Waals surface area contributed by atoms with Gasteiger partial charge in [-0.15, -0.1) is 0 Å². The molecule has 2 aromatic rings. The van der Waals surface area contributed by atoms with Crippen LogP contribution in [0.3, 0.4) is 0 Å². The summed E-state index contributed by atoms with van der Waals surface area (Å²) in [6.45, 7) is 0. The zero-order valence-electron chi connectivity index (χ0n) is 17.7. The molecule has 5 nitrogen and oxygen atoms in total. The van der Waals surface area contributed by atoms with Gasteiger partial charge in [0, 0.05) is 18.0 Å². The van der Waals surface area contributed by atoms with Gasteiger partial charge in [-0.3, -0.25) is 4.98 Å². The number of allylic oxidation sites excluding steroid dienone is 11. The van der Waals surface area contributed by atoms with Gasteiger partial charge < -0.3 is 11.1 Å². The predicted octanol–water partition coefficient (Wildman–Crippen LogP) is 5.80. The van der Waals surface area contributed by atoms with Crippen molar-refractivity contribution in [2.75, 3.05) is 11.1 Å². The first-order valence-corrected chi connectivity index (χ1v) is 10.4. The molecule has 3 N–H and O–H groups in total. The third kappa shape index (κ3) is 6.06. The van der Waals surface area contributed by atoms with Gasteiger partial charge in [-0.05, 0) is 54.2 Å². The van der Waals surface area contributed by atoms with E-state index < -0.39 is 11.9 Å². The van der Waals surface area contributed by atoms with Crippen LogP contribution >= 0.6 is 0 Å². The maximum Gasteiger partial charge on any atom is 0.433 e. The molecule has 0 aromatic carbocycles. The third-order valence-corrected chi connectivity index (χ3v) is 5.03. The van der Waals surface area contributed by atoms with Crippen molar-refractivity contribution in [3.63, 3.8) is 0 Å². The van der Waals surface area contributed by atoms with E-state index in [9.17, 15) is 13.2 Å². The van der Waals surface area contributed by atoms with Gasteiger partial charge in [-0.1, -0.05) is 48.6 Å². The lowest BCUT2D eigenvalue weighted by molar-refractivity contribution is -0.141. The Morgan fingerprint density at radius 3 is 2.70 bits per heavy atom. The molecule has 0 unspecified atom stereocenters. The number of alkyl halides is 3. The zero-order valence-corrected chi connectivity index (χ0v) is 17.7. The first kappa shape index (κ1) is 22.3. The minimum Gasteiger partial charge on any atom is -0.368 e. The number of pyridine rings is 1. The van der Waals surface area contributed by atoms with Crippen LogP contribution in [0.15, 0.2) is 90.4 Å². The molecule has 2 aromatic heterocycles. The van der Waals surface area contributed by atoms with E-state index in [1.54, 1.807) is 6.07 Å². The van der Waals surface area contributed by atoms with Crippen LogP contribution in [-0.2, 0) is 12.6 Å². The van der Waals surface area contributed by atoms with E-state index in [-0.39, 0.29) is 5.95 Å². The molecule has 0 saturated carbocycles. The Morgan fingerprint density at radius 1 is 0.970 bits per heavy atom. The normalized spacial score (nSPS) is 15.9. The predicted molar refractivity (Wildman–Crippen MR) is 124 cm³/mol. The van der Waals surface area contributed by atoms with Gasteiger partial charge in [-0.25, -0.2) is 4.98 Å². The quantitative estimate of drug-likeness (QED) is 0.604. The molecule has 8 heteroatoms. The largest absolute Gasteiger partial charge is 0.433 e. The topological polar surface area (TPSA) is 76.7 Å². The monoisotopic (exact) mass is 449 g/mol. The van der Waals surface area contributed by atoms with E-state index in [0.29, 0.717) is 24.2 Å². The van der Waals surface area contributed by atoms with Crippen molar-refractivity contribution >= 4 is 17.3 Å². The molecule has 0 bridgehead atoms. The average molecular weight is 449 g/mol. The van der Waals surface area contributed by atoms with E-state index in [4.69, 9.17) is 5.73 Å². The van der Waals surface area contributed by atoms with Crippen molar-refractivity contribution in [3.05, 3.63) is 107 Å². The minimum atomic E-state index is -4.46. The number of hydrogen-bond acceptors (Lipinski definition) is 5. The maximum absolute atomic E-state index is 12.9. The number of nitrogens with zero attached hydrogens (tertiary/aromatic N) is 3. The molecule has 0 amide bonds. The van der Waals surface area contributed by atoms with Gasteiger partial charge in [0.25, 0.3) is 0 Å². The van der Waals surface area contributed by atoms with Gasteiger partial charge in [0.1, 0.15) is 11.5 Å². The highest BCUT2D eigenvalue weighted by atomic mass is 19.4. The molecule has 0 atom stereocenters. The number of rotatable bonds is 5. The number of nitrogens with two attached hydrogens (primary N) is 1.